The molecule has 1 fully saturated rings. The van der Waals surface area contributed by atoms with Crippen molar-refractivity contribution in [2.45, 2.75) is 31.8 Å². The number of aromatic nitrogens is 2. The lowest BCUT2D eigenvalue weighted by Gasteiger charge is -2.28. The highest BCUT2D eigenvalue weighted by molar-refractivity contribution is 6.35. The van der Waals surface area contributed by atoms with Gasteiger partial charge in [0.25, 0.3) is 5.91 Å². The van der Waals surface area contributed by atoms with E-state index in [0.29, 0.717) is 34.5 Å². The average molecular weight is 409 g/mol. The van der Waals surface area contributed by atoms with Crippen LogP contribution < -0.4 is 15.8 Å². The Morgan fingerprint density at radius 1 is 1.11 bits per heavy atom. The molecule has 2 aromatic heterocycles. The van der Waals surface area contributed by atoms with E-state index in [1.54, 1.807) is 12.1 Å². The number of anilines is 1. The molecule has 3 rings (SSSR count). The van der Waals surface area contributed by atoms with Crippen molar-refractivity contribution in [2.75, 3.05) is 5.32 Å². The molecule has 0 aromatic carbocycles. The maximum absolute atomic E-state index is 12.4. The smallest absolute Gasteiger partial charge is 0.267 e. The fourth-order valence-electron chi connectivity index (χ4n) is 2.95. The van der Waals surface area contributed by atoms with E-state index in [1.165, 1.54) is 18.5 Å². The van der Waals surface area contributed by atoms with E-state index in [0.717, 1.165) is 12.8 Å². The van der Waals surface area contributed by atoms with Gasteiger partial charge in [-0.25, -0.2) is 9.97 Å². The normalized spacial score (nSPS) is 19.3. The molecule has 2 heterocycles. The van der Waals surface area contributed by atoms with Gasteiger partial charge in [0.1, 0.15) is 16.8 Å². The van der Waals surface area contributed by atoms with Crippen LogP contribution in [0.3, 0.4) is 0 Å². The SMILES string of the molecule is NC(=O)c1ccc(NC(=O)C2CCC(Oc3ncc(Cl)cc3Cl)CC2)cn1. The molecule has 0 bridgehead atoms. The van der Waals surface area contributed by atoms with Crippen LogP contribution >= 0.6 is 23.2 Å². The summed E-state index contributed by atoms with van der Waals surface area (Å²) in [5, 5.41) is 3.63. The molecule has 0 saturated heterocycles. The van der Waals surface area contributed by atoms with E-state index in [-0.39, 0.29) is 23.6 Å². The fourth-order valence-corrected chi connectivity index (χ4v) is 3.37. The quantitative estimate of drug-likeness (QED) is 0.787. The van der Waals surface area contributed by atoms with Gasteiger partial charge < -0.3 is 15.8 Å². The standard InChI is InChI=1S/C18H18Cl2N4O3/c19-11-7-14(20)18(23-8-11)27-13-4-1-10(2-5-13)17(26)24-12-3-6-15(16(21)25)22-9-12/h3,6-10,13H,1-2,4-5H2,(H2,21,25)(H,24,26). The summed E-state index contributed by atoms with van der Waals surface area (Å²) in [5.74, 6) is -0.449. The number of nitrogens with two attached hydrogens (primary N) is 1. The van der Waals surface area contributed by atoms with Gasteiger partial charge in [0.05, 0.1) is 16.9 Å². The van der Waals surface area contributed by atoms with Crippen LogP contribution in [0.15, 0.2) is 30.6 Å². The lowest BCUT2D eigenvalue weighted by Crippen LogP contribution is -2.31. The highest BCUT2D eigenvalue weighted by atomic mass is 35.5. The number of carbonyl (C=O) groups is 2. The number of nitrogens with zero attached hydrogens (tertiary/aromatic N) is 2. The Bertz CT molecular complexity index is 837. The maximum Gasteiger partial charge on any atom is 0.267 e. The zero-order valence-electron chi connectivity index (χ0n) is 14.3. The number of hydrogen-bond donors (Lipinski definition) is 2. The summed E-state index contributed by atoms with van der Waals surface area (Å²) < 4.78 is 5.84. The number of nitrogens with one attached hydrogen (secondary N) is 1. The molecule has 3 N–H and O–H groups in total. The van der Waals surface area contributed by atoms with E-state index in [9.17, 15) is 9.59 Å². The molecule has 142 valence electrons. The van der Waals surface area contributed by atoms with Crippen LogP contribution in [0.2, 0.25) is 10.0 Å². The highest BCUT2D eigenvalue weighted by Gasteiger charge is 2.28. The monoisotopic (exact) mass is 408 g/mol. The summed E-state index contributed by atoms with van der Waals surface area (Å²) in [4.78, 5) is 31.5. The fraction of sp³-hybridized carbons (Fsp3) is 0.333. The minimum atomic E-state index is -0.610. The molecule has 0 atom stereocenters. The van der Waals surface area contributed by atoms with Crippen LogP contribution in [0.1, 0.15) is 36.2 Å². The Balaban J connectivity index is 1.50. The van der Waals surface area contributed by atoms with Gasteiger partial charge in [-0.15, -0.1) is 0 Å². The highest BCUT2D eigenvalue weighted by Crippen LogP contribution is 2.31. The molecule has 0 spiro atoms. The van der Waals surface area contributed by atoms with Gasteiger partial charge in [0, 0.05) is 12.1 Å². The van der Waals surface area contributed by atoms with Crippen molar-refractivity contribution in [3.05, 3.63) is 46.3 Å². The second kappa shape index (κ2) is 8.54. The Hall–Kier alpha value is -2.38. The summed E-state index contributed by atoms with van der Waals surface area (Å²) in [7, 11) is 0. The number of carbonyl (C=O) groups excluding carboxylic acids is 2. The first kappa shape index (κ1) is 19.4. The van der Waals surface area contributed by atoms with Gasteiger partial charge in [-0.3, -0.25) is 9.59 Å². The van der Waals surface area contributed by atoms with Gasteiger partial charge in [-0.05, 0) is 43.9 Å². The number of primary amides is 1. The number of pyridine rings is 2. The minimum absolute atomic E-state index is 0.0447. The Labute approximate surface area is 166 Å². The van der Waals surface area contributed by atoms with E-state index < -0.39 is 5.91 Å². The first-order chi connectivity index (χ1) is 12.9. The Kier molecular flexibility index (Phi) is 6.13. The van der Waals surface area contributed by atoms with Crippen molar-refractivity contribution in [2.24, 2.45) is 11.7 Å². The van der Waals surface area contributed by atoms with Crippen LogP contribution in [0.25, 0.3) is 0 Å². The molecular weight excluding hydrogens is 391 g/mol. The second-order valence-electron chi connectivity index (χ2n) is 6.32. The van der Waals surface area contributed by atoms with E-state index >= 15 is 0 Å². The third kappa shape index (κ3) is 5.08. The molecule has 0 radical (unpaired) electrons. The largest absolute Gasteiger partial charge is 0.473 e. The Morgan fingerprint density at radius 2 is 1.85 bits per heavy atom. The van der Waals surface area contributed by atoms with E-state index in [1.807, 2.05) is 0 Å². The van der Waals surface area contributed by atoms with Crippen molar-refractivity contribution in [1.29, 1.82) is 0 Å². The lowest BCUT2D eigenvalue weighted by molar-refractivity contribution is -0.121. The Morgan fingerprint density at radius 3 is 2.44 bits per heavy atom. The molecule has 1 saturated carbocycles. The van der Waals surface area contributed by atoms with Crippen molar-refractivity contribution >= 4 is 40.7 Å². The van der Waals surface area contributed by atoms with Crippen molar-refractivity contribution in [1.82, 2.24) is 9.97 Å². The molecule has 0 unspecified atom stereocenters. The summed E-state index contributed by atoms with van der Waals surface area (Å²) in [5.41, 5.74) is 5.83. The molecule has 2 aromatic rings. The molecular formula is C18H18Cl2N4O3. The molecule has 7 nitrogen and oxygen atoms in total. The summed E-state index contributed by atoms with van der Waals surface area (Å²) in [6.45, 7) is 0. The van der Waals surface area contributed by atoms with Crippen LogP contribution in [-0.2, 0) is 4.79 Å². The van der Waals surface area contributed by atoms with Crippen LogP contribution in [-0.4, -0.2) is 27.9 Å². The third-order valence-corrected chi connectivity index (χ3v) is 4.86. The predicted molar refractivity (Wildman–Crippen MR) is 102 cm³/mol. The third-order valence-electron chi connectivity index (χ3n) is 4.38. The molecule has 1 aliphatic rings. The second-order valence-corrected chi connectivity index (χ2v) is 7.16. The lowest BCUT2D eigenvalue weighted by atomic mass is 9.86. The van der Waals surface area contributed by atoms with Gasteiger partial charge in [-0.2, -0.15) is 0 Å². The molecule has 1 aliphatic carbocycles. The number of hydrogen-bond acceptors (Lipinski definition) is 5. The van der Waals surface area contributed by atoms with Crippen molar-refractivity contribution < 1.29 is 14.3 Å². The van der Waals surface area contributed by atoms with Crippen LogP contribution in [0, 0.1) is 5.92 Å². The van der Waals surface area contributed by atoms with Gasteiger partial charge >= 0.3 is 0 Å². The number of rotatable bonds is 5. The predicted octanol–water partition coefficient (Wildman–Crippen LogP) is 3.46. The maximum atomic E-state index is 12.4. The molecule has 0 aliphatic heterocycles. The first-order valence-corrected chi connectivity index (χ1v) is 9.22. The van der Waals surface area contributed by atoms with Crippen LogP contribution in [0.5, 0.6) is 5.88 Å². The topological polar surface area (TPSA) is 107 Å². The van der Waals surface area contributed by atoms with E-state index in [4.69, 9.17) is 33.7 Å². The summed E-state index contributed by atoms with van der Waals surface area (Å²) in [6, 6.07) is 4.67. The molecule has 27 heavy (non-hydrogen) atoms. The molecule has 9 heteroatoms. The van der Waals surface area contributed by atoms with Gasteiger partial charge in [0.15, 0.2) is 0 Å². The first-order valence-electron chi connectivity index (χ1n) is 8.47. The minimum Gasteiger partial charge on any atom is -0.473 e. The summed E-state index contributed by atoms with van der Waals surface area (Å²) in [6.07, 6.45) is 5.68. The zero-order chi connectivity index (χ0) is 19.4. The van der Waals surface area contributed by atoms with Gasteiger partial charge in [-0.1, -0.05) is 23.2 Å². The number of ether oxygens (including phenoxy) is 1. The summed E-state index contributed by atoms with van der Waals surface area (Å²) >= 11 is 11.9. The van der Waals surface area contributed by atoms with E-state index in [2.05, 4.69) is 15.3 Å². The van der Waals surface area contributed by atoms with Crippen molar-refractivity contribution in [3.8, 4) is 5.88 Å². The van der Waals surface area contributed by atoms with Crippen molar-refractivity contribution in [3.63, 3.8) is 0 Å². The number of halogens is 2. The number of amides is 2. The zero-order valence-corrected chi connectivity index (χ0v) is 15.8. The average Bonchev–Trinajstić information content (AvgIpc) is 2.65. The molecule has 2 amide bonds. The van der Waals surface area contributed by atoms with Gasteiger partial charge in [0.2, 0.25) is 11.8 Å². The van der Waals surface area contributed by atoms with Crippen LogP contribution in [0.4, 0.5) is 5.69 Å².